The zero-order valence-electron chi connectivity index (χ0n) is 14.5. The number of ether oxygens (including phenoxy) is 1. The van der Waals surface area contributed by atoms with Crippen LogP contribution in [0, 0.1) is 0 Å². The number of aromatic nitrogens is 1. The maximum atomic E-state index is 12.1. The molecule has 0 aliphatic carbocycles. The third-order valence-electron chi connectivity index (χ3n) is 3.72. The fraction of sp³-hybridized carbons (Fsp3) is 0.588. The lowest BCUT2D eigenvalue weighted by atomic mass is 10.3. The summed E-state index contributed by atoms with van der Waals surface area (Å²) in [7, 11) is 0. The molecule has 0 aromatic carbocycles. The molecule has 1 aromatic heterocycles. The van der Waals surface area contributed by atoms with Crippen LogP contribution in [-0.4, -0.2) is 54.5 Å². The first-order chi connectivity index (χ1) is 11.7. The molecule has 1 amide bonds. The van der Waals surface area contributed by atoms with E-state index in [0.29, 0.717) is 25.0 Å². The Morgan fingerprint density at radius 2 is 2.12 bits per heavy atom. The molecular formula is C17H27N5O2. The predicted molar refractivity (Wildman–Crippen MR) is 94.0 cm³/mol. The number of carbonyl (C=O) groups is 1. The summed E-state index contributed by atoms with van der Waals surface area (Å²) in [4.78, 5) is 22.7. The molecule has 0 atom stereocenters. The van der Waals surface area contributed by atoms with Crippen molar-refractivity contribution >= 4 is 11.9 Å². The van der Waals surface area contributed by atoms with Crippen LogP contribution in [0.15, 0.2) is 23.3 Å². The maximum Gasteiger partial charge on any atom is 0.241 e. The van der Waals surface area contributed by atoms with E-state index in [1.165, 1.54) is 0 Å². The highest BCUT2D eigenvalue weighted by Crippen LogP contribution is 2.10. The molecule has 1 saturated heterocycles. The van der Waals surface area contributed by atoms with Crippen molar-refractivity contribution in [3.8, 4) is 5.88 Å². The topological polar surface area (TPSA) is 78.9 Å². The number of likely N-dealkylation sites (tertiary alicyclic amines) is 1. The molecule has 2 N–H and O–H groups in total. The summed E-state index contributed by atoms with van der Waals surface area (Å²) >= 11 is 0. The Morgan fingerprint density at radius 1 is 1.33 bits per heavy atom. The molecule has 2 heterocycles. The van der Waals surface area contributed by atoms with Gasteiger partial charge in [-0.2, -0.15) is 0 Å². The van der Waals surface area contributed by atoms with Crippen LogP contribution in [0.25, 0.3) is 0 Å². The molecule has 7 heteroatoms. The highest BCUT2D eigenvalue weighted by Gasteiger charge is 2.17. The number of nitrogens with zero attached hydrogens (tertiary/aromatic N) is 3. The number of hydrogen-bond donors (Lipinski definition) is 2. The molecule has 0 spiro atoms. The van der Waals surface area contributed by atoms with E-state index in [9.17, 15) is 4.79 Å². The van der Waals surface area contributed by atoms with Gasteiger partial charge in [0.25, 0.3) is 0 Å². The fourth-order valence-corrected chi connectivity index (χ4v) is 2.53. The van der Waals surface area contributed by atoms with Gasteiger partial charge >= 0.3 is 0 Å². The molecule has 1 aromatic rings. The molecule has 0 bridgehead atoms. The summed E-state index contributed by atoms with van der Waals surface area (Å²) in [6, 6.07) is 3.79. The van der Waals surface area contributed by atoms with E-state index in [2.05, 4.69) is 20.6 Å². The van der Waals surface area contributed by atoms with Crippen molar-refractivity contribution in [3.63, 3.8) is 0 Å². The van der Waals surface area contributed by atoms with E-state index in [4.69, 9.17) is 4.74 Å². The smallest absolute Gasteiger partial charge is 0.241 e. The zero-order valence-corrected chi connectivity index (χ0v) is 14.5. The van der Waals surface area contributed by atoms with Crippen molar-refractivity contribution < 1.29 is 9.53 Å². The number of carbonyl (C=O) groups excluding carboxylic acids is 1. The molecule has 132 valence electrons. The van der Waals surface area contributed by atoms with Crippen LogP contribution in [-0.2, 0) is 11.3 Å². The van der Waals surface area contributed by atoms with E-state index >= 15 is 0 Å². The second kappa shape index (κ2) is 9.75. The Kier molecular flexibility index (Phi) is 7.32. The number of aliphatic imine (C=N–C) groups is 1. The second-order valence-corrected chi connectivity index (χ2v) is 5.57. The fourth-order valence-electron chi connectivity index (χ4n) is 2.53. The predicted octanol–water partition coefficient (Wildman–Crippen LogP) is 1.16. The Hall–Kier alpha value is -2.31. The van der Waals surface area contributed by atoms with Gasteiger partial charge < -0.3 is 20.3 Å². The molecule has 1 aliphatic heterocycles. The van der Waals surface area contributed by atoms with Crippen LogP contribution in [0.4, 0.5) is 0 Å². The average molecular weight is 333 g/mol. The molecule has 1 aliphatic rings. The van der Waals surface area contributed by atoms with Gasteiger partial charge in [-0.05, 0) is 38.3 Å². The normalized spacial score (nSPS) is 14.6. The van der Waals surface area contributed by atoms with E-state index in [1.54, 1.807) is 6.20 Å². The average Bonchev–Trinajstić information content (AvgIpc) is 3.12. The Morgan fingerprint density at radius 3 is 2.83 bits per heavy atom. The van der Waals surface area contributed by atoms with Gasteiger partial charge in [0.1, 0.15) is 0 Å². The lowest BCUT2D eigenvalue weighted by Gasteiger charge is -2.17. The van der Waals surface area contributed by atoms with E-state index in [0.717, 1.165) is 38.0 Å². The van der Waals surface area contributed by atoms with E-state index in [1.807, 2.05) is 30.9 Å². The molecule has 0 radical (unpaired) electrons. The molecule has 2 rings (SSSR count). The Labute approximate surface area is 143 Å². The van der Waals surface area contributed by atoms with Gasteiger partial charge in [0, 0.05) is 31.9 Å². The number of guanidine groups is 1. The standard InChI is InChI=1S/C17H27N5O2/c1-3-18-17(21-13-16(23)22-9-5-6-10-22)20-12-14-7-8-19-15(11-14)24-4-2/h7-8,11H,3-6,9-10,12-13H2,1-2H3,(H2,18,20,21). The summed E-state index contributed by atoms with van der Waals surface area (Å²) in [6.45, 7) is 7.75. The largest absolute Gasteiger partial charge is 0.478 e. The van der Waals surface area contributed by atoms with Crippen molar-refractivity contribution in [2.45, 2.75) is 33.2 Å². The van der Waals surface area contributed by atoms with Gasteiger partial charge in [-0.1, -0.05) is 0 Å². The minimum Gasteiger partial charge on any atom is -0.478 e. The summed E-state index contributed by atoms with van der Waals surface area (Å²) in [5.41, 5.74) is 1.01. The summed E-state index contributed by atoms with van der Waals surface area (Å²) in [6.07, 6.45) is 3.92. The first-order valence-corrected chi connectivity index (χ1v) is 8.60. The molecular weight excluding hydrogens is 306 g/mol. The first-order valence-electron chi connectivity index (χ1n) is 8.60. The van der Waals surface area contributed by atoms with Crippen molar-refractivity contribution in [2.75, 3.05) is 32.8 Å². The van der Waals surface area contributed by atoms with E-state index < -0.39 is 0 Å². The van der Waals surface area contributed by atoms with Crippen molar-refractivity contribution in [2.24, 2.45) is 4.99 Å². The van der Waals surface area contributed by atoms with Gasteiger partial charge in [0.05, 0.1) is 19.7 Å². The SMILES string of the molecule is CCNC(=NCc1ccnc(OCC)c1)NCC(=O)N1CCCC1. The number of nitrogens with one attached hydrogen (secondary N) is 2. The van der Waals surface area contributed by atoms with Crippen LogP contribution < -0.4 is 15.4 Å². The zero-order chi connectivity index (χ0) is 17.2. The van der Waals surface area contributed by atoms with Crippen molar-refractivity contribution in [1.29, 1.82) is 0 Å². The highest BCUT2D eigenvalue weighted by atomic mass is 16.5. The molecule has 24 heavy (non-hydrogen) atoms. The number of hydrogen-bond acceptors (Lipinski definition) is 4. The number of rotatable bonds is 7. The third kappa shape index (κ3) is 5.72. The van der Waals surface area contributed by atoms with Crippen LogP contribution >= 0.6 is 0 Å². The summed E-state index contributed by atoms with van der Waals surface area (Å²) in [5, 5.41) is 6.27. The molecule has 1 fully saturated rings. The maximum absolute atomic E-state index is 12.1. The van der Waals surface area contributed by atoms with Crippen LogP contribution in [0.5, 0.6) is 5.88 Å². The summed E-state index contributed by atoms with van der Waals surface area (Å²) in [5.74, 6) is 1.37. The van der Waals surface area contributed by atoms with Crippen LogP contribution in [0.3, 0.4) is 0 Å². The quantitative estimate of drug-likeness (QED) is 0.578. The number of amides is 1. The van der Waals surface area contributed by atoms with Crippen LogP contribution in [0.2, 0.25) is 0 Å². The van der Waals surface area contributed by atoms with Gasteiger partial charge in [-0.3, -0.25) is 4.79 Å². The Bertz CT molecular complexity index is 556. The minimum atomic E-state index is 0.126. The van der Waals surface area contributed by atoms with Gasteiger partial charge in [0.2, 0.25) is 11.8 Å². The van der Waals surface area contributed by atoms with Crippen LogP contribution in [0.1, 0.15) is 32.3 Å². The lowest BCUT2D eigenvalue weighted by molar-refractivity contribution is -0.128. The van der Waals surface area contributed by atoms with Crippen molar-refractivity contribution in [3.05, 3.63) is 23.9 Å². The molecule has 7 nitrogen and oxygen atoms in total. The van der Waals surface area contributed by atoms with Gasteiger partial charge in [-0.15, -0.1) is 0 Å². The van der Waals surface area contributed by atoms with Gasteiger partial charge in [0.15, 0.2) is 5.96 Å². The minimum absolute atomic E-state index is 0.126. The third-order valence-corrected chi connectivity index (χ3v) is 3.72. The highest BCUT2D eigenvalue weighted by molar-refractivity contribution is 5.86. The lowest BCUT2D eigenvalue weighted by Crippen LogP contribution is -2.44. The second-order valence-electron chi connectivity index (χ2n) is 5.57. The van der Waals surface area contributed by atoms with E-state index in [-0.39, 0.29) is 12.5 Å². The Balaban J connectivity index is 1.89. The first kappa shape index (κ1) is 18.0. The monoisotopic (exact) mass is 333 g/mol. The molecule has 0 unspecified atom stereocenters. The van der Waals surface area contributed by atoms with Gasteiger partial charge in [-0.25, -0.2) is 9.98 Å². The molecule has 0 saturated carbocycles. The summed E-state index contributed by atoms with van der Waals surface area (Å²) < 4.78 is 5.40. The van der Waals surface area contributed by atoms with Crippen molar-refractivity contribution in [1.82, 2.24) is 20.5 Å². The number of pyridine rings is 1.